The Hall–Kier alpha value is -3.88. The van der Waals surface area contributed by atoms with Crippen molar-refractivity contribution >= 4 is 17.5 Å². The Bertz CT molecular complexity index is 1270. The molecule has 0 aliphatic heterocycles. The van der Waals surface area contributed by atoms with E-state index in [0.29, 0.717) is 28.1 Å². The number of hydrogen-bond donors (Lipinski definition) is 2. The highest BCUT2D eigenvalue weighted by molar-refractivity contribution is 6.04. The number of anilines is 2. The molecule has 0 atom stereocenters. The number of benzene rings is 2. The third-order valence-electron chi connectivity index (χ3n) is 5.39. The van der Waals surface area contributed by atoms with E-state index in [-0.39, 0.29) is 31.3 Å². The van der Waals surface area contributed by atoms with Gasteiger partial charge in [0.15, 0.2) is 0 Å². The highest BCUT2D eigenvalue weighted by atomic mass is 19.1. The fourth-order valence-electron chi connectivity index (χ4n) is 3.71. The largest absolute Gasteiger partial charge is 0.337 e. The van der Waals surface area contributed by atoms with Gasteiger partial charge < -0.3 is 16.0 Å². The van der Waals surface area contributed by atoms with Crippen molar-refractivity contribution in [1.29, 1.82) is 0 Å². The molecule has 0 spiro atoms. The van der Waals surface area contributed by atoms with E-state index in [1.165, 1.54) is 11.0 Å². The number of aromatic nitrogens is 2. The van der Waals surface area contributed by atoms with Crippen LogP contribution < -0.4 is 16.4 Å². The van der Waals surface area contributed by atoms with Crippen molar-refractivity contribution < 1.29 is 13.7 Å². The first kappa shape index (κ1) is 22.3. The van der Waals surface area contributed by atoms with Gasteiger partial charge in [0.05, 0.1) is 11.3 Å². The predicted molar refractivity (Wildman–Crippen MR) is 125 cm³/mol. The molecule has 4 N–H and O–H groups in total. The number of para-hydroxylation sites is 1. The molecule has 8 heteroatoms. The third kappa shape index (κ3) is 4.26. The molecule has 7 nitrogen and oxygen atoms in total. The average Bonchev–Trinajstić information content (AvgIpc) is 3.29. The fraction of sp³-hybridized carbons (Fsp3) is 0.160. The van der Waals surface area contributed by atoms with Gasteiger partial charge in [-0.3, -0.25) is 9.78 Å². The molecule has 2 heterocycles. The molecular weight excluding hydrogens is 421 g/mol. The van der Waals surface area contributed by atoms with E-state index in [1.807, 2.05) is 24.3 Å². The van der Waals surface area contributed by atoms with E-state index in [9.17, 15) is 9.18 Å². The molecule has 33 heavy (non-hydrogen) atoms. The lowest BCUT2D eigenvalue weighted by Gasteiger charge is -2.23. The van der Waals surface area contributed by atoms with E-state index in [0.717, 1.165) is 11.1 Å². The number of halogens is 1. The highest BCUT2D eigenvalue weighted by Gasteiger charge is 2.29. The van der Waals surface area contributed by atoms with Crippen LogP contribution in [-0.4, -0.2) is 16.0 Å². The maximum atomic E-state index is 14.1. The molecule has 168 valence electrons. The minimum atomic E-state index is -0.393. The molecule has 0 radical (unpaired) electrons. The van der Waals surface area contributed by atoms with Crippen molar-refractivity contribution in [3.8, 4) is 22.4 Å². The maximum Gasteiger partial charge on any atom is 0.247 e. The van der Waals surface area contributed by atoms with Gasteiger partial charge in [0.2, 0.25) is 11.8 Å². The smallest absolute Gasteiger partial charge is 0.247 e. The number of pyridine rings is 1. The Balaban J connectivity index is 1.99. The minimum absolute atomic E-state index is 0.0410. The van der Waals surface area contributed by atoms with Crippen LogP contribution in [-0.2, 0) is 17.9 Å². The van der Waals surface area contributed by atoms with E-state index in [4.69, 9.17) is 16.0 Å². The van der Waals surface area contributed by atoms with E-state index < -0.39 is 5.82 Å². The van der Waals surface area contributed by atoms with Crippen LogP contribution in [0, 0.1) is 5.82 Å². The molecule has 0 aliphatic rings. The zero-order valence-electron chi connectivity index (χ0n) is 18.2. The lowest BCUT2D eigenvalue weighted by Crippen LogP contribution is -2.26. The van der Waals surface area contributed by atoms with Crippen molar-refractivity contribution in [3.63, 3.8) is 0 Å². The minimum Gasteiger partial charge on any atom is -0.337 e. The zero-order valence-corrected chi connectivity index (χ0v) is 18.2. The molecule has 4 aromatic rings. The van der Waals surface area contributed by atoms with Gasteiger partial charge >= 0.3 is 0 Å². The second-order valence-corrected chi connectivity index (χ2v) is 7.37. The van der Waals surface area contributed by atoms with Gasteiger partial charge in [0, 0.05) is 43.0 Å². The summed E-state index contributed by atoms with van der Waals surface area (Å²) in [6, 6.07) is 15.6. The Morgan fingerprint density at radius 3 is 2.42 bits per heavy atom. The normalized spacial score (nSPS) is 10.9. The number of carbonyl (C=O) groups excluding carboxylic acids is 1. The standard InChI is InChI=1S/C25H24FN5O2/c1-2-22(32)31(21-6-4-3-5-18(21)14-27)25-23(16-9-11-29-12-10-16)24(30-33-25)17-7-8-20(26)19(13-17)15-28/h3-13H,2,14-15,27-28H2,1H3. The van der Waals surface area contributed by atoms with Crippen molar-refractivity contribution in [3.05, 3.63) is 83.9 Å². The SMILES string of the molecule is CCC(=O)N(c1ccccc1CN)c1onc(-c2ccc(F)c(CN)c2)c1-c1ccncc1. The third-order valence-corrected chi connectivity index (χ3v) is 5.39. The highest BCUT2D eigenvalue weighted by Crippen LogP contribution is 2.43. The van der Waals surface area contributed by atoms with Gasteiger partial charge in [-0.05, 0) is 47.5 Å². The van der Waals surface area contributed by atoms with Crippen LogP contribution in [0.15, 0.2) is 71.5 Å². The molecule has 0 aliphatic carbocycles. The summed E-state index contributed by atoms with van der Waals surface area (Å²) in [7, 11) is 0. The van der Waals surface area contributed by atoms with Gasteiger partial charge in [0.1, 0.15) is 11.5 Å². The average molecular weight is 445 g/mol. The fourth-order valence-corrected chi connectivity index (χ4v) is 3.71. The van der Waals surface area contributed by atoms with Crippen molar-refractivity contribution in [2.24, 2.45) is 11.5 Å². The summed E-state index contributed by atoms with van der Waals surface area (Å²) in [5.74, 6) is -0.326. The summed E-state index contributed by atoms with van der Waals surface area (Å²) in [5, 5.41) is 4.30. The van der Waals surface area contributed by atoms with Gasteiger partial charge in [-0.15, -0.1) is 0 Å². The number of amides is 1. The second kappa shape index (κ2) is 9.72. The first-order valence-electron chi connectivity index (χ1n) is 10.6. The van der Waals surface area contributed by atoms with Crippen LogP contribution in [0.1, 0.15) is 24.5 Å². The zero-order chi connectivity index (χ0) is 23.4. The Morgan fingerprint density at radius 2 is 1.73 bits per heavy atom. The number of hydrogen-bond acceptors (Lipinski definition) is 6. The first-order chi connectivity index (χ1) is 16.1. The van der Waals surface area contributed by atoms with Crippen LogP contribution in [0.25, 0.3) is 22.4 Å². The summed E-state index contributed by atoms with van der Waals surface area (Å²) in [4.78, 5) is 18.8. The lowest BCUT2D eigenvalue weighted by molar-refractivity contribution is -0.117. The number of carbonyl (C=O) groups is 1. The van der Waals surface area contributed by atoms with Crippen molar-refractivity contribution in [2.75, 3.05) is 4.90 Å². The molecule has 0 unspecified atom stereocenters. The van der Waals surface area contributed by atoms with Gasteiger partial charge in [-0.1, -0.05) is 30.3 Å². The van der Waals surface area contributed by atoms with Crippen LogP contribution in [0.5, 0.6) is 0 Å². The summed E-state index contributed by atoms with van der Waals surface area (Å²) < 4.78 is 19.9. The van der Waals surface area contributed by atoms with Crippen LogP contribution >= 0.6 is 0 Å². The number of rotatable bonds is 7. The molecule has 0 fully saturated rings. The van der Waals surface area contributed by atoms with Crippen molar-refractivity contribution in [2.45, 2.75) is 26.4 Å². The van der Waals surface area contributed by atoms with Crippen LogP contribution in [0.2, 0.25) is 0 Å². The Labute approximate surface area is 190 Å². The molecule has 0 saturated carbocycles. The number of nitrogens with two attached hydrogens (primary N) is 2. The van der Waals surface area contributed by atoms with Crippen LogP contribution in [0.4, 0.5) is 16.0 Å². The lowest BCUT2D eigenvalue weighted by atomic mass is 9.99. The molecule has 4 rings (SSSR count). The van der Waals surface area contributed by atoms with Crippen molar-refractivity contribution in [1.82, 2.24) is 10.1 Å². The topological polar surface area (TPSA) is 111 Å². The Kier molecular flexibility index (Phi) is 6.58. The van der Waals surface area contributed by atoms with Crippen LogP contribution in [0.3, 0.4) is 0 Å². The second-order valence-electron chi connectivity index (χ2n) is 7.37. The summed E-state index contributed by atoms with van der Waals surface area (Å²) in [6.45, 7) is 2.06. The molecule has 0 saturated heterocycles. The summed E-state index contributed by atoms with van der Waals surface area (Å²) in [5.41, 5.74) is 15.8. The molecular formula is C25H24FN5O2. The summed E-state index contributed by atoms with van der Waals surface area (Å²) in [6.07, 6.45) is 3.52. The van der Waals surface area contributed by atoms with Gasteiger partial charge in [-0.25, -0.2) is 9.29 Å². The van der Waals surface area contributed by atoms with E-state index in [2.05, 4.69) is 10.1 Å². The monoisotopic (exact) mass is 445 g/mol. The first-order valence-corrected chi connectivity index (χ1v) is 10.6. The molecule has 2 aromatic heterocycles. The maximum absolute atomic E-state index is 14.1. The van der Waals surface area contributed by atoms with Gasteiger partial charge in [0.25, 0.3) is 0 Å². The van der Waals surface area contributed by atoms with E-state index in [1.54, 1.807) is 43.6 Å². The van der Waals surface area contributed by atoms with Gasteiger partial charge in [-0.2, -0.15) is 0 Å². The quantitative estimate of drug-likeness (QED) is 0.432. The summed E-state index contributed by atoms with van der Waals surface area (Å²) >= 11 is 0. The predicted octanol–water partition coefficient (Wildman–Crippen LogP) is 4.53. The molecule has 0 bridgehead atoms. The van der Waals surface area contributed by atoms with E-state index >= 15 is 0 Å². The molecule has 2 aromatic carbocycles. The Morgan fingerprint density at radius 1 is 1.00 bits per heavy atom. The number of nitrogens with zero attached hydrogens (tertiary/aromatic N) is 3. The molecule has 1 amide bonds.